The number of fused-ring (bicyclic) bond motifs is 1. The van der Waals surface area contributed by atoms with Crippen molar-refractivity contribution in [1.29, 1.82) is 0 Å². The van der Waals surface area contributed by atoms with Gasteiger partial charge in [0.25, 0.3) is 0 Å². The third kappa shape index (κ3) is 2.64. The SMILES string of the molecule is CC(C)C(=O)Nc1cccc2cc(Br)cnc12. The Kier molecular flexibility index (Phi) is 3.43. The highest BCUT2D eigenvalue weighted by Crippen LogP contribution is 2.24. The number of anilines is 1. The van der Waals surface area contributed by atoms with Gasteiger partial charge in [0.2, 0.25) is 5.91 Å². The van der Waals surface area contributed by atoms with E-state index in [2.05, 4.69) is 26.2 Å². The number of para-hydroxylation sites is 1. The van der Waals surface area contributed by atoms with Crippen LogP contribution in [0.2, 0.25) is 0 Å². The summed E-state index contributed by atoms with van der Waals surface area (Å²) >= 11 is 3.38. The summed E-state index contributed by atoms with van der Waals surface area (Å²) < 4.78 is 0.928. The van der Waals surface area contributed by atoms with Crippen LogP contribution in [0.4, 0.5) is 5.69 Å². The molecule has 2 aromatic rings. The van der Waals surface area contributed by atoms with Gasteiger partial charge >= 0.3 is 0 Å². The van der Waals surface area contributed by atoms with Crippen molar-refractivity contribution in [3.05, 3.63) is 34.9 Å². The van der Waals surface area contributed by atoms with Crippen molar-refractivity contribution in [2.75, 3.05) is 5.32 Å². The fraction of sp³-hybridized carbons (Fsp3) is 0.231. The monoisotopic (exact) mass is 292 g/mol. The number of hydrogen-bond donors (Lipinski definition) is 1. The van der Waals surface area contributed by atoms with Crippen LogP contribution in [0, 0.1) is 5.92 Å². The van der Waals surface area contributed by atoms with Crippen molar-refractivity contribution in [2.24, 2.45) is 5.92 Å². The molecule has 2 rings (SSSR count). The standard InChI is InChI=1S/C13H13BrN2O/c1-8(2)13(17)16-11-5-3-4-9-6-10(14)7-15-12(9)11/h3-8H,1-2H3,(H,16,17). The van der Waals surface area contributed by atoms with Gasteiger partial charge in [0.1, 0.15) is 0 Å². The second-order valence-electron chi connectivity index (χ2n) is 4.17. The third-order valence-electron chi connectivity index (χ3n) is 2.46. The molecule has 3 nitrogen and oxygen atoms in total. The van der Waals surface area contributed by atoms with E-state index >= 15 is 0 Å². The number of nitrogens with one attached hydrogen (secondary N) is 1. The lowest BCUT2D eigenvalue weighted by Gasteiger charge is -2.09. The fourth-order valence-corrected chi connectivity index (χ4v) is 1.86. The molecule has 0 bridgehead atoms. The zero-order chi connectivity index (χ0) is 12.4. The largest absolute Gasteiger partial charge is 0.324 e. The Morgan fingerprint density at radius 3 is 2.88 bits per heavy atom. The van der Waals surface area contributed by atoms with Crippen LogP contribution < -0.4 is 5.32 Å². The predicted octanol–water partition coefficient (Wildman–Crippen LogP) is 3.59. The summed E-state index contributed by atoms with van der Waals surface area (Å²) in [5, 5.41) is 3.89. The van der Waals surface area contributed by atoms with Gasteiger partial charge in [-0.15, -0.1) is 0 Å². The second-order valence-corrected chi connectivity index (χ2v) is 5.09. The molecular weight excluding hydrogens is 280 g/mol. The Hall–Kier alpha value is -1.42. The van der Waals surface area contributed by atoms with Crippen molar-refractivity contribution < 1.29 is 4.79 Å². The van der Waals surface area contributed by atoms with Crippen molar-refractivity contribution in [3.63, 3.8) is 0 Å². The van der Waals surface area contributed by atoms with Gasteiger partial charge in [0, 0.05) is 22.0 Å². The maximum absolute atomic E-state index is 11.7. The summed E-state index contributed by atoms with van der Waals surface area (Å²) in [4.78, 5) is 16.0. The average Bonchev–Trinajstić information content (AvgIpc) is 2.28. The van der Waals surface area contributed by atoms with E-state index in [0.29, 0.717) is 0 Å². The molecule has 88 valence electrons. The molecule has 4 heteroatoms. The van der Waals surface area contributed by atoms with Crippen molar-refractivity contribution in [2.45, 2.75) is 13.8 Å². The average molecular weight is 293 g/mol. The molecule has 0 aliphatic carbocycles. The third-order valence-corrected chi connectivity index (χ3v) is 2.89. The molecule has 1 N–H and O–H groups in total. The van der Waals surface area contributed by atoms with Crippen molar-refractivity contribution in [1.82, 2.24) is 4.98 Å². The number of benzene rings is 1. The minimum absolute atomic E-state index is 0.00205. The van der Waals surface area contributed by atoms with Crippen LogP contribution in [-0.2, 0) is 4.79 Å². The number of pyridine rings is 1. The Morgan fingerprint density at radius 2 is 2.18 bits per heavy atom. The van der Waals surface area contributed by atoms with E-state index in [4.69, 9.17) is 0 Å². The van der Waals surface area contributed by atoms with E-state index in [0.717, 1.165) is 21.1 Å². The van der Waals surface area contributed by atoms with E-state index < -0.39 is 0 Å². The molecule has 0 saturated carbocycles. The first kappa shape index (κ1) is 12.0. The molecule has 0 radical (unpaired) electrons. The van der Waals surface area contributed by atoms with Crippen LogP contribution in [0.15, 0.2) is 34.9 Å². The maximum atomic E-state index is 11.7. The first-order valence-corrected chi connectivity index (χ1v) is 6.22. The number of amides is 1. The fourth-order valence-electron chi connectivity index (χ4n) is 1.51. The smallest absolute Gasteiger partial charge is 0.226 e. The lowest BCUT2D eigenvalue weighted by atomic mass is 10.1. The lowest BCUT2D eigenvalue weighted by Crippen LogP contribution is -2.18. The number of carbonyl (C=O) groups excluding carboxylic acids is 1. The minimum atomic E-state index is -0.0410. The molecule has 0 saturated heterocycles. The molecule has 0 fully saturated rings. The Labute approximate surface area is 108 Å². The van der Waals surface area contributed by atoms with Gasteiger partial charge in [-0.3, -0.25) is 9.78 Å². The number of aromatic nitrogens is 1. The van der Waals surface area contributed by atoms with Gasteiger partial charge in [-0.25, -0.2) is 0 Å². The second kappa shape index (κ2) is 4.84. The number of rotatable bonds is 2. The molecule has 0 aliphatic heterocycles. The van der Waals surface area contributed by atoms with Crippen LogP contribution in [-0.4, -0.2) is 10.9 Å². The molecule has 1 heterocycles. The molecule has 1 aromatic carbocycles. The zero-order valence-electron chi connectivity index (χ0n) is 9.70. The van der Waals surface area contributed by atoms with Gasteiger partial charge in [-0.05, 0) is 28.1 Å². The van der Waals surface area contributed by atoms with E-state index in [9.17, 15) is 4.79 Å². The summed E-state index contributed by atoms with van der Waals surface area (Å²) in [5.41, 5.74) is 1.57. The highest BCUT2D eigenvalue weighted by atomic mass is 79.9. The summed E-state index contributed by atoms with van der Waals surface area (Å²) in [6.45, 7) is 3.73. The minimum Gasteiger partial charge on any atom is -0.324 e. The van der Waals surface area contributed by atoms with Crippen LogP contribution in [0.5, 0.6) is 0 Å². The lowest BCUT2D eigenvalue weighted by molar-refractivity contribution is -0.118. The highest BCUT2D eigenvalue weighted by Gasteiger charge is 2.09. The molecular formula is C13H13BrN2O. The predicted molar refractivity (Wildman–Crippen MR) is 72.9 cm³/mol. The quantitative estimate of drug-likeness (QED) is 0.919. The van der Waals surface area contributed by atoms with Crippen LogP contribution in [0.25, 0.3) is 10.9 Å². The number of carbonyl (C=O) groups is 1. The maximum Gasteiger partial charge on any atom is 0.226 e. The molecule has 0 aliphatic rings. The molecule has 17 heavy (non-hydrogen) atoms. The van der Waals surface area contributed by atoms with Gasteiger partial charge in [0.05, 0.1) is 11.2 Å². The van der Waals surface area contributed by atoms with Crippen LogP contribution in [0.1, 0.15) is 13.8 Å². The van der Waals surface area contributed by atoms with Gasteiger partial charge in [0.15, 0.2) is 0 Å². The number of halogens is 1. The molecule has 0 spiro atoms. The number of hydrogen-bond acceptors (Lipinski definition) is 2. The molecule has 1 aromatic heterocycles. The first-order chi connectivity index (χ1) is 8.08. The van der Waals surface area contributed by atoms with Crippen LogP contribution in [0.3, 0.4) is 0 Å². The molecule has 0 atom stereocenters. The Balaban J connectivity index is 2.44. The Morgan fingerprint density at radius 1 is 1.41 bits per heavy atom. The van der Waals surface area contributed by atoms with E-state index in [-0.39, 0.29) is 11.8 Å². The topological polar surface area (TPSA) is 42.0 Å². The summed E-state index contributed by atoms with van der Waals surface area (Å²) in [6, 6.07) is 7.72. The summed E-state index contributed by atoms with van der Waals surface area (Å²) in [7, 11) is 0. The van der Waals surface area contributed by atoms with Gasteiger partial charge < -0.3 is 5.32 Å². The van der Waals surface area contributed by atoms with Crippen molar-refractivity contribution in [3.8, 4) is 0 Å². The van der Waals surface area contributed by atoms with E-state index in [1.165, 1.54) is 0 Å². The number of nitrogens with zero attached hydrogens (tertiary/aromatic N) is 1. The first-order valence-electron chi connectivity index (χ1n) is 5.43. The highest BCUT2D eigenvalue weighted by molar-refractivity contribution is 9.10. The normalized spacial score (nSPS) is 10.8. The van der Waals surface area contributed by atoms with Gasteiger partial charge in [-0.2, -0.15) is 0 Å². The van der Waals surface area contributed by atoms with Crippen molar-refractivity contribution >= 4 is 38.4 Å². The zero-order valence-corrected chi connectivity index (χ0v) is 11.3. The molecule has 0 unspecified atom stereocenters. The van der Waals surface area contributed by atoms with Gasteiger partial charge in [-0.1, -0.05) is 26.0 Å². The summed E-state index contributed by atoms with van der Waals surface area (Å²) in [6.07, 6.45) is 1.73. The van der Waals surface area contributed by atoms with E-state index in [1.807, 2.05) is 38.1 Å². The summed E-state index contributed by atoms with van der Waals surface area (Å²) in [5.74, 6) is -0.0390. The Bertz CT molecular complexity index is 566. The molecule has 1 amide bonds. The van der Waals surface area contributed by atoms with E-state index in [1.54, 1.807) is 6.20 Å². The van der Waals surface area contributed by atoms with Crippen LogP contribution >= 0.6 is 15.9 Å².